The van der Waals surface area contributed by atoms with Crippen molar-refractivity contribution in [2.45, 2.75) is 13.8 Å². The number of hydrogen-bond donors (Lipinski definition) is 2. The maximum absolute atomic E-state index is 6.39. The first-order valence-corrected chi connectivity index (χ1v) is 9.47. The number of nitrogens with zero attached hydrogens (tertiary/aromatic N) is 5. The third-order valence-corrected chi connectivity index (χ3v) is 5.28. The lowest BCUT2D eigenvalue weighted by atomic mass is 10.1. The van der Waals surface area contributed by atoms with Crippen LogP contribution >= 0.6 is 0 Å². The van der Waals surface area contributed by atoms with Gasteiger partial charge in [0.1, 0.15) is 12.0 Å². The molecule has 0 radical (unpaired) electrons. The molecule has 1 saturated heterocycles. The number of benzene rings is 1. The molecule has 3 heterocycles. The van der Waals surface area contributed by atoms with Gasteiger partial charge in [-0.05, 0) is 43.2 Å². The van der Waals surface area contributed by atoms with Crippen LogP contribution < -0.4 is 20.9 Å². The highest BCUT2D eigenvalue weighted by Gasteiger charge is 2.22. The van der Waals surface area contributed by atoms with Crippen LogP contribution in [0.2, 0.25) is 0 Å². The monoisotopic (exact) mass is 375 g/mol. The summed E-state index contributed by atoms with van der Waals surface area (Å²) in [5.41, 5.74) is 11.8. The molecular formula is C21H25N7. The summed E-state index contributed by atoms with van der Waals surface area (Å²) < 4.78 is 0. The molecule has 0 unspecified atom stereocenters. The number of pyridine rings is 1. The molecule has 1 fully saturated rings. The summed E-state index contributed by atoms with van der Waals surface area (Å²) in [6.45, 7) is 7.93. The number of nitrogens with one attached hydrogen (secondary N) is 1. The Balaban J connectivity index is 1.49. The zero-order valence-electron chi connectivity index (χ0n) is 16.3. The fourth-order valence-corrected chi connectivity index (χ4v) is 3.55. The van der Waals surface area contributed by atoms with Gasteiger partial charge in [0.2, 0.25) is 0 Å². The van der Waals surface area contributed by atoms with Gasteiger partial charge in [0, 0.05) is 38.1 Å². The lowest BCUT2D eigenvalue weighted by molar-refractivity contribution is 0.646. The Morgan fingerprint density at radius 2 is 1.75 bits per heavy atom. The second-order valence-electron chi connectivity index (χ2n) is 7.02. The van der Waals surface area contributed by atoms with Gasteiger partial charge in [-0.1, -0.05) is 12.1 Å². The van der Waals surface area contributed by atoms with Crippen LogP contribution in [0.15, 0.2) is 49.1 Å². The molecule has 0 aliphatic carbocycles. The van der Waals surface area contributed by atoms with Crippen LogP contribution in [-0.4, -0.2) is 41.1 Å². The fraction of sp³-hybridized carbons (Fsp3) is 0.286. The molecule has 2 aromatic heterocycles. The first-order valence-electron chi connectivity index (χ1n) is 9.47. The predicted octanol–water partition coefficient (Wildman–Crippen LogP) is 3.14. The van der Waals surface area contributed by atoms with Gasteiger partial charge in [0.25, 0.3) is 0 Å². The Morgan fingerprint density at radius 1 is 0.964 bits per heavy atom. The molecule has 4 rings (SSSR count). The molecule has 7 heteroatoms. The molecule has 1 aliphatic rings. The highest BCUT2D eigenvalue weighted by molar-refractivity contribution is 5.78. The van der Waals surface area contributed by atoms with Gasteiger partial charge in [-0.25, -0.2) is 9.97 Å². The Bertz CT molecular complexity index is 950. The molecule has 0 bridgehead atoms. The number of nitrogens with two attached hydrogens (primary N) is 1. The summed E-state index contributed by atoms with van der Waals surface area (Å²) in [6.07, 6.45) is 5.03. The zero-order chi connectivity index (χ0) is 19.5. The van der Waals surface area contributed by atoms with Crippen molar-refractivity contribution in [3.8, 4) is 0 Å². The average molecular weight is 375 g/mol. The highest BCUT2D eigenvalue weighted by atomic mass is 15.3. The van der Waals surface area contributed by atoms with Crippen molar-refractivity contribution in [3.63, 3.8) is 0 Å². The van der Waals surface area contributed by atoms with Crippen LogP contribution in [0.25, 0.3) is 0 Å². The van der Waals surface area contributed by atoms with E-state index in [2.05, 4.69) is 62.1 Å². The van der Waals surface area contributed by atoms with Crippen molar-refractivity contribution < 1.29 is 0 Å². The number of nitrogen functional groups attached to an aromatic ring is 1. The predicted molar refractivity (Wildman–Crippen MR) is 114 cm³/mol. The Morgan fingerprint density at radius 3 is 2.50 bits per heavy atom. The van der Waals surface area contributed by atoms with Gasteiger partial charge in [0.05, 0.1) is 11.9 Å². The molecule has 1 aromatic carbocycles. The Kier molecular flexibility index (Phi) is 4.97. The van der Waals surface area contributed by atoms with Gasteiger partial charge in [-0.3, -0.25) is 4.98 Å². The molecule has 0 atom stereocenters. The maximum atomic E-state index is 6.39. The van der Waals surface area contributed by atoms with Crippen LogP contribution in [0, 0.1) is 13.8 Å². The number of aryl methyl sites for hydroxylation is 1. The van der Waals surface area contributed by atoms with Crippen LogP contribution in [-0.2, 0) is 0 Å². The van der Waals surface area contributed by atoms with E-state index in [1.165, 1.54) is 16.8 Å². The van der Waals surface area contributed by atoms with E-state index in [1.807, 2.05) is 12.1 Å². The molecule has 0 amide bonds. The third-order valence-electron chi connectivity index (χ3n) is 5.28. The van der Waals surface area contributed by atoms with E-state index in [4.69, 9.17) is 5.73 Å². The molecule has 28 heavy (non-hydrogen) atoms. The summed E-state index contributed by atoms with van der Waals surface area (Å²) in [4.78, 5) is 17.5. The number of hydrogen-bond acceptors (Lipinski definition) is 7. The molecule has 3 N–H and O–H groups in total. The Labute approximate surface area is 165 Å². The average Bonchev–Trinajstić information content (AvgIpc) is 2.73. The van der Waals surface area contributed by atoms with Gasteiger partial charge < -0.3 is 20.9 Å². The Hall–Kier alpha value is -3.35. The molecule has 0 spiro atoms. The van der Waals surface area contributed by atoms with E-state index in [1.54, 1.807) is 18.7 Å². The second kappa shape index (κ2) is 7.72. The SMILES string of the molecule is Cc1cccc(N2CCN(c3ncnc(Nc4cccnc4)c3N)CC2)c1C. The van der Waals surface area contributed by atoms with E-state index >= 15 is 0 Å². The van der Waals surface area contributed by atoms with E-state index < -0.39 is 0 Å². The van der Waals surface area contributed by atoms with Gasteiger partial charge in [0.15, 0.2) is 11.6 Å². The molecule has 3 aromatic rings. The minimum absolute atomic E-state index is 0.562. The first-order chi connectivity index (χ1) is 13.6. The summed E-state index contributed by atoms with van der Waals surface area (Å²) in [7, 11) is 0. The van der Waals surface area contributed by atoms with E-state index in [-0.39, 0.29) is 0 Å². The van der Waals surface area contributed by atoms with Crippen LogP contribution in [0.3, 0.4) is 0 Å². The number of piperazine rings is 1. The minimum atomic E-state index is 0.562. The molecule has 7 nitrogen and oxygen atoms in total. The minimum Gasteiger partial charge on any atom is -0.393 e. The topological polar surface area (TPSA) is 83.2 Å². The number of anilines is 5. The van der Waals surface area contributed by atoms with Crippen LogP contribution in [0.4, 0.5) is 28.7 Å². The summed E-state index contributed by atoms with van der Waals surface area (Å²) >= 11 is 0. The van der Waals surface area contributed by atoms with Gasteiger partial charge in [-0.15, -0.1) is 0 Å². The summed E-state index contributed by atoms with van der Waals surface area (Å²) in [6, 6.07) is 10.3. The van der Waals surface area contributed by atoms with Gasteiger partial charge >= 0.3 is 0 Å². The number of rotatable bonds is 4. The summed E-state index contributed by atoms with van der Waals surface area (Å²) in [5.74, 6) is 1.39. The highest BCUT2D eigenvalue weighted by Crippen LogP contribution is 2.30. The van der Waals surface area contributed by atoms with E-state index in [0.717, 1.165) is 37.7 Å². The van der Waals surface area contributed by atoms with Crippen LogP contribution in [0.1, 0.15) is 11.1 Å². The van der Waals surface area contributed by atoms with Gasteiger partial charge in [-0.2, -0.15) is 0 Å². The number of aromatic nitrogens is 3. The standard InChI is InChI=1S/C21H25N7/c1-15-5-3-7-18(16(15)2)27-9-11-28(12-10-27)21-19(22)20(24-14-25-21)26-17-6-4-8-23-13-17/h3-8,13-14H,9-12,22H2,1-2H3,(H,24,25,26). The second-order valence-corrected chi connectivity index (χ2v) is 7.02. The first kappa shape index (κ1) is 18.0. The fourth-order valence-electron chi connectivity index (χ4n) is 3.55. The largest absolute Gasteiger partial charge is 0.393 e. The smallest absolute Gasteiger partial charge is 0.159 e. The lowest BCUT2D eigenvalue weighted by Gasteiger charge is -2.38. The lowest BCUT2D eigenvalue weighted by Crippen LogP contribution is -2.47. The van der Waals surface area contributed by atoms with Crippen molar-refractivity contribution in [1.29, 1.82) is 0 Å². The van der Waals surface area contributed by atoms with Crippen molar-refractivity contribution in [1.82, 2.24) is 15.0 Å². The third kappa shape index (κ3) is 3.55. The molecular weight excluding hydrogens is 350 g/mol. The van der Waals surface area contributed by atoms with Crippen molar-refractivity contribution in [3.05, 3.63) is 60.2 Å². The molecule has 144 valence electrons. The molecule has 0 saturated carbocycles. The normalized spacial score (nSPS) is 14.2. The zero-order valence-corrected chi connectivity index (χ0v) is 16.3. The van der Waals surface area contributed by atoms with E-state index in [0.29, 0.717) is 11.5 Å². The van der Waals surface area contributed by atoms with Crippen molar-refractivity contribution in [2.24, 2.45) is 0 Å². The molecule has 1 aliphatic heterocycles. The van der Waals surface area contributed by atoms with Crippen molar-refractivity contribution in [2.75, 3.05) is 47.0 Å². The summed E-state index contributed by atoms with van der Waals surface area (Å²) in [5, 5.41) is 3.22. The maximum Gasteiger partial charge on any atom is 0.159 e. The van der Waals surface area contributed by atoms with E-state index in [9.17, 15) is 0 Å². The van der Waals surface area contributed by atoms with Crippen LogP contribution in [0.5, 0.6) is 0 Å². The quantitative estimate of drug-likeness (QED) is 0.725. The van der Waals surface area contributed by atoms with Crippen molar-refractivity contribution >= 4 is 28.7 Å².